The van der Waals surface area contributed by atoms with Crippen molar-refractivity contribution in [2.45, 2.75) is 16.7 Å². The third kappa shape index (κ3) is 5.35. The monoisotopic (exact) mass is 488 g/mol. The molecular formula is C19H21FN2O8S2. The first-order valence-electron chi connectivity index (χ1n) is 9.36. The number of aliphatic carboxylic acids is 1. The van der Waals surface area contributed by atoms with Crippen LogP contribution in [-0.4, -0.2) is 65.1 Å². The summed E-state index contributed by atoms with van der Waals surface area (Å²) in [6.45, 7) is 1.44. The van der Waals surface area contributed by atoms with Gasteiger partial charge in [0.15, 0.2) is 6.61 Å². The van der Waals surface area contributed by atoms with Gasteiger partial charge in [0.05, 0.1) is 23.8 Å². The van der Waals surface area contributed by atoms with Gasteiger partial charge in [0.2, 0.25) is 10.0 Å². The second kappa shape index (κ2) is 9.40. The molecule has 0 atom stereocenters. The lowest BCUT2D eigenvalue weighted by Gasteiger charge is -2.26. The molecule has 10 nitrogen and oxygen atoms in total. The van der Waals surface area contributed by atoms with Gasteiger partial charge in [-0.2, -0.15) is 4.31 Å². The molecule has 0 amide bonds. The molecule has 1 saturated heterocycles. The van der Waals surface area contributed by atoms with Crippen LogP contribution in [0.15, 0.2) is 46.2 Å². The Morgan fingerprint density at radius 3 is 2.47 bits per heavy atom. The van der Waals surface area contributed by atoms with E-state index in [0.717, 1.165) is 22.5 Å². The van der Waals surface area contributed by atoms with Crippen LogP contribution in [0.5, 0.6) is 5.75 Å². The molecule has 2 N–H and O–H groups in total. The lowest BCUT2D eigenvalue weighted by molar-refractivity contribution is -0.139. The maximum absolute atomic E-state index is 14.3. The molecule has 174 valence electrons. The molecule has 0 spiro atoms. The number of hydrogen-bond acceptors (Lipinski definition) is 7. The van der Waals surface area contributed by atoms with Gasteiger partial charge in [0.25, 0.3) is 10.0 Å². The molecule has 0 aliphatic carbocycles. The number of nitrogens with zero attached hydrogens (tertiary/aromatic N) is 1. The number of hydrogen-bond donors (Lipinski definition) is 2. The van der Waals surface area contributed by atoms with E-state index in [1.165, 1.54) is 18.2 Å². The van der Waals surface area contributed by atoms with E-state index in [4.69, 9.17) is 14.6 Å². The second-order valence-corrected chi connectivity index (χ2v) is 10.5. The van der Waals surface area contributed by atoms with Crippen molar-refractivity contribution in [2.75, 3.05) is 37.6 Å². The summed E-state index contributed by atoms with van der Waals surface area (Å²) in [6, 6.07) is 6.71. The van der Waals surface area contributed by atoms with Gasteiger partial charge in [-0.05, 0) is 48.9 Å². The second-order valence-electron chi connectivity index (χ2n) is 6.88. The number of rotatable bonds is 8. The van der Waals surface area contributed by atoms with Crippen LogP contribution in [-0.2, 0) is 29.6 Å². The molecule has 0 aromatic heterocycles. The highest BCUT2D eigenvalue weighted by Gasteiger charge is 2.29. The normalized spacial score (nSPS) is 15.3. The summed E-state index contributed by atoms with van der Waals surface area (Å²) < 4.78 is 78.9. The van der Waals surface area contributed by atoms with Crippen LogP contribution in [0, 0.1) is 12.7 Å². The SMILES string of the molecule is Cc1cc(S(=O)(=O)Nc2ccc(F)c(S(=O)(=O)N3CCOCC3)c2)ccc1OCC(=O)O. The predicted octanol–water partition coefficient (Wildman–Crippen LogP) is 1.42. The number of ether oxygens (including phenoxy) is 2. The largest absolute Gasteiger partial charge is 0.482 e. The molecule has 1 aliphatic rings. The molecule has 1 aliphatic heterocycles. The molecule has 2 aromatic rings. The van der Waals surface area contributed by atoms with Crippen LogP contribution in [0.2, 0.25) is 0 Å². The minimum absolute atomic E-state index is 0.0628. The van der Waals surface area contributed by atoms with E-state index in [1.807, 2.05) is 0 Å². The Hall–Kier alpha value is -2.74. The molecule has 32 heavy (non-hydrogen) atoms. The fraction of sp³-hybridized carbons (Fsp3) is 0.316. The van der Waals surface area contributed by atoms with Crippen molar-refractivity contribution in [2.24, 2.45) is 0 Å². The standard InChI is InChI=1S/C19H21FN2O8S2/c1-13-10-15(3-5-17(13)30-12-19(23)24)31(25,26)21-14-2-4-16(20)18(11-14)32(27,28)22-6-8-29-9-7-22/h2-5,10-11,21H,6-9,12H2,1H3,(H,23,24). The lowest BCUT2D eigenvalue weighted by atomic mass is 10.2. The minimum Gasteiger partial charge on any atom is -0.482 e. The quantitative estimate of drug-likeness (QED) is 0.569. The average Bonchev–Trinajstić information content (AvgIpc) is 2.74. The maximum Gasteiger partial charge on any atom is 0.341 e. The number of carboxylic acids is 1. The zero-order chi connectivity index (χ0) is 23.5. The number of morpholine rings is 1. The van der Waals surface area contributed by atoms with E-state index in [1.54, 1.807) is 6.92 Å². The number of carbonyl (C=O) groups is 1. The van der Waals surface area contributed by atoms with Crippen LogP contribution >= 0.6 is 0 Å². The van der Waals surface area contributed by atoms with Gasteiger partial charge in [-0.25, -0.2) is 26.0 Å². The fourth-order valence-corrected chi connectivity index (χ4v) is 5.63. The Kier molecular flexibility index (Phi) is 7.03. The van der Waals surface area contributed by atoms with E-state index >= 15 is 0 Å². The van der Waals surface area contributed by atoms with Gasteiger partial charge < -0.3 is 14.6 Å². The van der Waals surface area contributed by atoms with E-state index in [-0.39, 0.29) is 42.6 Å². The van der Waals surface area contributed by atoms with E-state index < -0.39 is 43.3 Å². The van der Waals surface area contributed by atoms with Crippen molar-refractivity contribution >= 4 is 31.7 Å². The number of halogens is 1. The van der Waals surface area contributed by atoms with Gasteiger partial charge in [0, 0.05) is 13.1 Å². The van der Waals surface area contributed by atoms with Crippen molar-refractivity contribution in [3.63, 3.8) is 0 Å². The van der Waals surface area contributed by atoms with Crippen molar-refractivity contribution in [1.82, 2.24) is 4.31 Å². The molecule has 0 unspecified atom stereocenters. The first-order chi connectivity index (χ1) is 15.0. The van der Waals surface area contributed by atoms with Crippen molar-refractivity contribution in [3.05, 3.63) is 47.8 Å². The number of sulfonamides is 2. The predicted molar refractivity (Wildman–Crippen MR) is 111 cm³/mol. The van der Waals surface area contributed by atoms with Gasteiger partial charge in [-0.1, -0.05) is 0 Å². The minimum atomic E-state index is -4.18. The highest BCUT2D eigenvalue weighted by atomic mass is 32.2. The first kappa shape index (κ1) is 23.9. The summed E-state index contributed by atoms with van der Waals surface area (Å²) in [4.78, 5) is 9.81. The van der Waals surface area contributed by atoms with Crippen LogP contribution in [0.1, 0.15) is 5.56 Å². The molecule has 2 aromatic carbocycles. The molecule has 13 heteroatoms. The van der Waals surface area contributed by atoms with E-state index in [0.29, 0.717) is 5.56 Å². The van der Waals surface area contributed by atoms with Crippen LogP contribution in [0.25, 0.3) is 0 Å². The van der Waals surface area contributed by atoms with Gasteiger partial charge >= 0.3 is 5.97 Å². The lowest BCUT2D eigenvalue weighted by Crippen LogP contribution is -2.40. The highest BCUT2D eigenvalue weighted by Crippen LogP contribution is 2.27. The molecule has 0 bridgehead atoms. The first-order valence-corrected chi connectivity index (χ1v) is 12.3. The van der Waals surface area contributed by atoms with Crippen molar-refractivity contribution in [1.29, 1.82) is 0 Å². The molecule has 0 radical (unpaired) electrons. The zero-order valence-corrected chi connectivity index (χ0v) is 18.6. The Morgan fingerprint density at radius 1 is 1.16 bits per heavy atom. The molecule has 1 heterocycles. The Morgan fingerprint density at radius 2 is 1.84 bits per heavy atom. The third-order valence-electron chi connectivity index (χ3n) is 4.58. The Bertz CT molecular complexity index is 1230. The van der Waals surface area contributed by atoms with E-state index in [2.05, 4.69) is 4.72 Å². The number of anilines is 1. The molecular weight excluding hydrogens is 467 g/mol. The zero-order valence-electron chi connectivity index (χ0n) is 16.9. The molecule has 0 saturated carbocycles. The number of benzene rings is 2. The van der Waals surface area contributed by atoms with Crippen LogP contribution in [0.3, 0.4) is 0 Å². The van der Waals surface area contributed by atoms with Crippen molar-refractivity contribution in [3.8, 4) is 5.75 Å². The average molecular weight is 489 g/mol. The van der Waals surface area contributed by atoms with Gasteiger partial charge in [-0.15, -0.1) is 0 Å². The summed E-state index contributed by atoms with van der Waals surface area (Å²) >= 11 is 0. The van der Waals surface area contributed by atoms with E-state index in [9.17, 15) is 26.0 Å². The molecule has 1 fully saturated rings. The Balaban J connectivity index is 1.86. The van der Waals surface area contributed by atoms with Crippen LogP contribution < -0.4 is 9.46 Å². The maximum atomic E-state index is 14.3. The smallest absolute Gasteiger partial charge is 0.341 e. The third-order valence-corrected chi connectivity index (χ3v) is 7.87. The van der Waals surface area contributed by atoms with Gasteiger partial charge in [0.1, 0.15) is 16.5 Å². The number of nitrogens with one attached hydrogen (secondary N) is 1. The summed E-state index contributed by atoms with van der Waals surface area (Å²) in [5, 5.41) is 8.69. The van der Waals surface area contributed by atoms with Crippen molar-refractivity contribution < 1.29 is 40.6 Å². The van der Waals surface area contributed by atoms with Crippen LogP contribution in [0.4, 0.5) is 10.1 Å². The molecule has 3 rings (SSSR count). The van der Waals surface area contributed by atoms with Gasteiger partial charge in [-0.3, -0.25) is 4.72 Å². The number of aryl methyl sites for hydroxylation is 1. The topological polar surface area (TPSA) is 139 Å². The summed E-state index contributed by atoms with van der Waals surface area (Å²) in [6.07, 6.45) is 0. The fourth-order valence-electron chi connectivity index (χ4n) is 3.00. The summed E-state index contributed by atoms with van der Waals surface area (Å²) in [5.74, 6) is -1.98. The number of carboxylic acid groups (broad SMARTS) is 1. The summed E-state index contributed by atoms with van der Waals surface area (Å²) in [7, 11) is -8.34. The Labute approximate surface area is 184 Å². The summed E-state index contributed by atoms with van der Waals surface area (Å²) in [5.41, 5.74) is 0.242. The highest BCUT2D eigenvalue weighted by molar-refractivity contribution is 7.92.